The Balaban J connectivity index is 1.20. The van der Waals surface area contributed by atoms with E-state index < -0.39 is 35.5 Å². The van der Waals surface area contributed by atoms with Crippen molar-refractivity contribution in [1.82, 2.24) is 0 Å². The van der Waals surface area contributed by atoms with Crippen molar-refractivity contribution >= 4 is 47.4 Å². The van der Waals surface area contributed by atoms with Crippen LogP contribution in [0, 0.1) is 35.8 Å². The monoisotopic (exact) mass is 702 g/mol. The molecule has 52 heavy (non-hydrogen) atoms. The number of carbonyl (C=O) groups excluding carboxylic acids is 4. The van der Waals surface area contributed by atoms with Crippen molar-refractivity contribution in [3.8, 4) is 12.1 Å². The highest BCUT2D eigenvalue weighted by atomic mass is 16.8. The van der Waals surface area contributed by atoms with Crippen molar-refractivity contribution < 1.29 is 38.1 Å². The second-order valence-electron chi connectivity index (χ2n) is 12.2. The normalized spacial score (nSPS) is 20.6. The molecule has 0 amide bonds. The maximum atomic E-state index is 13.1. The molecule has 2 spiro atoms. The van der Waals surface area contributed by atoms with Crippen LogP contribution in [-0.4, -0.2) is 74.7 Å². The molecule has 14 nitrogen and oxygen atoms in total. The van der Waals surface area contributed by atoms with Gasteiger partial charge in [0, 0.05) is 50.1 Å². The molecular formula is C38H34N6O8. The standard InChI is InChI=1S/C38H34N6O8/c1-41-19-23-44(24-20-42-2)30-11-7-28(8-12-30)26-32-35(47)51-38(52-36(32)48)15-13-37(14-16-38)49-33(45)31(34(46)50-37)25-27-5-9-29(10-6-27)43(21-3-17-39)22-4-18-40/h5-12,25-26H,3-4,13-16,19-24H2. The van der Waals surface area contributed by atoms with Crippen molar-refractivity contribution in [3.63, 3.8) is 0 Å². The maximum absolute atomic E-state index is 13.1. The van der Waals surface area contributed by atoms with Crippen LogP contribution in [0.5, 0.6) is 0 Å². The third-order valence-corrected chi connectivity index (χ3v) is 8.86. The summed E-state index contributed by atoms with van der Waals surface area (Å²) in [6.07, 6.45) is 2.98. The fraction of sp³-hybridized carbons (Fsp3) is 0.368. The summed E-state index contributed by atoms with van der Waals surface area (Å²) in [7, 11) is 0. The Morgan fingerprint density at radius 1 is 0.596 bits per heavy atom. The predicted octanol–water partition coefficient (Wildman–Crippen LogP) is 4.60. The zero-order valence-electron chi connectivity index (χ0n) is 28.2. The Labute approximate surface area is 300 Å². The van der Waals surface area contributed by atoms with E-state index in [1.54, 1.807) is 48.5 Å². The minimum atomic E-state index is -1.61. The van der Waals surface area contributed by atoms with Gasteiger partial charge in [-0.2, -0.15) is 10.5 Å². The van der Waals surface area contributed by atoms with E-state index in [0.717, 1.165) is 11.4 Å². The van der Waals surface area contributed by atoms with Crippen molar-refractivity contribution in [1.29, 1.82) is 10.5 Å². The van der Waals surface area contributed by atoms with Crippen LogP contribution < -0.4 is 9.80 Å². The molecule has 2 aromatic carbocycles. The van der Waals surface area contributed by atoms with Gasteiger partial charge in [-0.25, -0.2) is 32.3 Å². The van der Waals surface area contributed by atoms with Crippen molar-refractivity contribution in [2.45, 2.75) is 50.1 Å². The quantitative estimate of drug-likeness (QED) is 0.131. The SMILES string of the molecule is [C-]#[N+]CCN(CC[N+]#[C-])c1ccc(C=C2C(=O)OC3(CCC4(CC3)OC(=O)C(=Cc3ccc(N(CCC#N)CCC#N)cc3)C(=O)O4)OC2=O)cc1. The predicted molar refractivity (Wildman–Crippen MR) is 185 cm³/mol. The minimum Gasteiger partial charge on any atom is -0.419 e. The van der Waals surface area contributed by atoms with Crippen LogP contribution in [-0.2, 0) is 38.1 Å². The molecule has 0 radical (unpaired) electrons. The lowest BCUT2D eigenvalue weighted by atomic mass is 9.87. The molecule has 2 aliphatic heterocycles. The van der Waals surface area contributed by atoms with E-state index in [9.17, 15) is 19.2 Å². The largest absolute Gasteiger partial charge is 0.419 e. The van der Waals surface area contributed by atoms with Gasteiger partial charge in [0.15, 0.2) is 0 Å². The van der Waals surface area contributed by atoms with Crippen LogP contribution in [0.1, 0.15) is 49.7 Å². The molecule has 2 heterocycles. The number of nitrogens with zero attached hydrogens (tertiary/aromatic N) is 6. The molecule has 0 unspecified atom stereocenters. The number of anilines is 2. The van der Waals surface area contributed by atoms with Crippen LogP contribution in [0.4, 0.5) is 11.4 Å². The van der Waals surface area contributed by atoms with E-state index in [4.69, 9.17) is 42.6 Å². The third-order valence-electron chi connectivity index (χ3n) is 8.86. The van der Waals surface area contributed by atoms with Crippen LogP contribution in [0.25, 0.3) is 21.8 Å². The van der Waals surface area contributed by atoms with E-state index in [1.165, 1.54) is 12.2 Å². The topological polar surface area (TPSA) is 168 Å². The summed E-state index contributed by atoms with van der Waals surface area (Å²) in [5.41, 5.74) is 2.04. The highest BCUT2D eigenvalue weighted by Gasteiger charge is 2.56. The summed E-state index contributed by atoms with van der Waals surface area (Å²) in [5.74, 6) is -6.74. The van der Waals surface area contributed by atoms with Crippen LogP contribution in [0.2, 0.25) is 0 Å². The van der Waals surface area contributed by atoms with Crippen LogP contribution in [0.15, 0.2) is 59.7 Å². The molecule has 0 atom stereocenters. The molecule has 3 fully saturated rings. The number of ether oxygens (including phenoxy) is 4. The average Bonchev–Trinajstić information content (AvgIpc) is 3.14. The van der Waals surface area contributed by atoms with E-state index >= 15 is 0 Å². The third kappa shape index (κ3) is 8.56. The van der Waals surface area contributed by atoms with Gasteiger partial charge < -0.3 is 38.4 Å². The summed E-state index contributed by atoms with van der Waals surface area (Å²) in [6.45, 7) is 16.5. The first-order valence-electron chi connectivity index (χ1n) is 16.6. The average molecular weight is 703 g/mol. The molecule has 0 aromatic heterocycles. The van der Waals surface area contributed by atoms with Gasteiger partial charge in [0.25, 0.3) is 11.6 Å². The summed E-state index contributed by atoms with van der Waals surface area (Å²) in [5, 5.41) is 17.9. The molecule has 264 valence electrons. The lowest BCUT2D eigenvalue weighted by Gasteiger charge is -2.46. The Kier molecular flexibility index (Phi) is 11.5. The molecule has 2 saturated heterocycles. The van der Waals surface area contributed by atoms with Crippen molar-refractivity contribution in [2.75, 3.05) is 49.1 Å². The molecule has 5 rings (SSSR count). The van der Waals surface area contributed by atoms with E-state index in [0.29, 0.717) is 37.3 Å². The lowest BCUT2D eigenvalue weighted by molar-refractivity contribution is -0.291. The molecule has 0 bridgehead atoms. The molecule has 3 aliphatic rings. The zero-order valence-corrected chi connectivity index (χ0v) is 28.2. The molecule has 14 heteroatoms. The highest BCUT2D eigenvalue weighted by molar-refractivity contribution is 6.19. The van der Waals surface area contributed by atoms with Gasteiger partial charge in [-0.05, 0) is 47.5 Å². The number of rotatable bonds is 12. The number of benzene rings is 2. The fourth-order valence-corrected chi connectivity index (χ4v) is 6.11. The summed E-state index contributed by atoms with van der Waals surface area (Å²) in [6, 6.07) is 18.1. The summed E-state index contributed by atoms with van der Waals surface area (Å²) >= 11 is 0. The van der Waals surface area contributed by atoms with Gasteiger partial charge in [0.2, 0.25) is 13.1 Å². The Hall–Kier alpha value is -6.64. The van der Waals surface area contributed by atoms with Crippen LogP contribution >= 0.6 is 0 Å². The zero-order chi connectivity index (χ0) is 37.1. The first-order chi connectivity index (χ1) is 25.1. The minimum absolute atomic E-state index is 0.0767. The van der Waals surface area contributed by atoms with E-state index in [2.05, 4.69) is 21.8 Å². The van der Waals surface area contributed by atoms with Gasteiger partial charge >= 0.3 is 23.9 Å². The van der Waals surface area contributed by atoms with Crippen LogP contribution in [0.3, 0.4) is 0 Å². The first-order valence-corrected chi connectivity index (χ1v) is 16.6. The Morgan fingerprint density at radius 2 is 0.923 bits per heavy atom. The number of carbonyl (C=O) groups is 4. The Bertz CT molecular complexity index is 1710. The molecule has 0 N–H and O–H groups in total. The lowest BCUT2D eigenvalue weighted by Crippen LogP contribution is -2.56. The molecule has 2 aromatic rings. The number of hydrogen-bond acceptors (Lipinski definition) is 12. The van der Waals surface area contributed by atoms with Gasteiger partial charge in [0.05, 0.1) is 38.1 Å². The second-order valence-corrected chi connectivity index (χ2v) is 12.2. The van der Waals surface area contributed by atoms with E-state index in [1.807, 2.05) is 9.80 Å². The maximum Gasteiger partial charge on any atom is 0.348 e. The summed E-state index contributed by atoms with van der Waals surface area (Å²) < 4.78 is 22.5. The highest BCUT2D eigenvalue weighted by Crippen LogP contribution is 2.45. The van der Waals surface area contributed by atoms with Gasteiger partial charge in [-0.15, -0.1) is 0 Å². The van der Waals surface area contributed by atoms with Gasteiger partial charge in [-0.1, -0.05) is 24.3 Å². The van der Waals surface area contributed by atoms with E-state index in [-0.39, 0.29) is 62.8 Å². The van der Waals surface area contributed by atoms with Crippen molar-refractivity contribution in [2.24, 2.45) is 0 Å². The van der Waals surface area contributed by atoms with Crippen molar-refractivity contribution in [3.05, 3.63) is 93.6 Å². The number of esters is 4. The molecule has 1 saturated carbocycles. The number of hydrogen-bond donors (Lipinski definition) is 0. The van der Waals surface area contributed by atoms with Gasteiger partial charge in [-0.3, -0.25) is 0 Å². The first kappa shape index (κ1) is 36.6. The summed E-state index contributed by atoms with van der Waals surface area (Å²) in [4.78, 5) is 62.9. The molecule has 1 aliphatic carbocycles. The fourth-order valence-electron chi connectivity index (χ4n) is 6.11. The van der Waals surface area contributed by atoms with Gasteiger partial charge in [0.1, 0.15) is 11.1 Å². The Morgan fingerprint density at radius 3 is 1.23 bits per heavy atom. The second kappa shape index (κ2) is 16.4. The smallest absolute Gasteiger partial charge is 0.348 e. The number of nitriles is 2. The molecular weight excluding hydrogens is 668 g/mol.